The van der Waals surface area contributed by atoms with Gasteiger partial charge in [-0.15, -0.1) is 0 Å². The summed E-state index contributed by atoms with van der Waals surface area (Å²) in [4.78, 5) is 26.1. The predicted molar refractivity (Wildman–Crippen MR) is 105 cm³/mol. The molecule has 0 aliphatic heterocycles. The molecular formula is C18H23BrClN3O2. The van der Waals surface area contributed by atoms with Gasteiger partial charge in [0.25, 0.3) is 5.91 Å². The van der Waals surface area contributed by atoms with Crippen LogP contribution in [0.3, 0.4) is 0 Å². The molecule has 0 unspecified atom stereocenters. The zero-order valence-corrected chi connectivity index (χ0v) is 16.8. The molecule has 0 saturated heterocycles. The van der Waals surface area contributed by atoms with E-state index >= 15 is 0 Å². The van der Waals surface area contributed by atoms with E-state index in [4.69, 9.17) is 11.6 Å². The molecular weight excluding hydrogens is 406 g/mol. The molecule has 1 aliphatic rings. The molecule has 25 heavy (non-hydrogen) atoms. The standard InChI is InChI=1S/C18H23BrClN3O2/c1-11(17(24)21-2)10-22-18(25)14-8-12(19)9-15(16(14)20)23(3)13-6-4-5-7-13/h8-9,13H,1,4-7,10H2,2-3H3,(H,21,24)(H,22,25). The third-order valence-corrected chi connectivity index (χ3v) is 5.38. The highest BCUT2D eigenvalue weighted by molar-refractivity contribution is 9.10. The summed E-state index contributed by atoms with van der Waals surface area (Å²) in [5.41, 5.74) is 1.49. The third kappa shape index (κ3) is 4.76. The molecule has 2 N–H and O–H groups in total. The van der Waals surface area contributed by atoms with E-state index in [1.807, 2.05) is 13.1 Å². The van der Waals surface area contributed by atoms with Gasteiger partial charge in [0.2, 0.25) is 5.91 Å². The molecule has 7 heteroatoms. The molecule has 1 aliphatic carbocycles. The van der Waals surface area contributed by atoms with Crippen molar-refractivity contribution in [2.45, 2.75) is 31.7 Å². The van der Waals surface area contributed by atoms with Gasteiger partial charge in [0.05, 0.1) is 16.3 Å². The lowest BCUT2D eigenvalue weighted by atomic mass is 10.1. The second kappa shape index (κ2) is 8.72. The van der Waals surface area contributed by atoms with E-state index in [0.717, 1.165) is 23.0 Å². The molecule has 0 aromatic heterocycles. The molecule has 1 aromatic carbocycles. The van der Waals surface area contributed by atoms with Gasteiger partial charge >= 0.3 is 0 Å². The van der Waals surface area contributed by atoms with E-state index in [-0.39, 0.29) is 23.9 Å². The lowest BCUT2D eigenvalue weighted by Gasteiger charge is -2.28. The van der Waals surface area contributed by atoms with Gasteiger partial charge in [0.1, 0.15) is 0 Å². The van der Waals surface area contributed by atoms with Crippen molar-refractivity contribution in [2.75, 3.05) is 25.5 Å². The summed E-state index contributed by atoms with van der Waals surface area (Å²) in [7, 11) is 3.53. The largest absolute Gasteiger partial charge is 0.370 e. The quantitative estimate of drug-likeness (QED) is 0.682. The molecule has 0 atom stereocenters. The summed E-state index contributed by atoms with van der Waals surface area (Å²) in [6.45, 7) is 3.72. The van der Waals surface area contributed by atoms with Gasteiger partial charge in [-0.3, -0.25) is 9.59 Å². The van der Waals surface area contributed by atoms with E-state index in [1.165, 1.54) is 19.9 Å². The number of anilines is 1. The molecule has 1 fully saturated rings. The van der Waals surface area contributed by atoms with Crippen molar-refractivity contribution in [1.82, 2.24) is 10.6 Å². The lowest BCUT2D eigenvalue weighted by molar-refractivity contribution is -0.117. The van der Waals surface area contributed by atoms with E-state index < -0.39 is 0 Å². The minimum absolute atomic E-state index is 0.0646. The fourth-order valence-corrected chi connectivity index (χ4v) is 3.80. The molecule has 5 nitrogen and oxygen atoms in total. The average Bonchev–Trinajstić information content (AvgIpc) is 3.14. The summed E-state index contributed by atoms with van der Waals surface area (Å²) >= 11 is 9.99. The number of amides is 2. The lowest BCUT2D eigenvalue weighted by Crippen LogP contribution is -2.32. The monoisotopic (exact) mass is 427 g/mol. The molecule has 2 rings (SSSR count). The van der Waals surface area contributed by atoms with Crippen LogP contribution in [0.25, 0.3) is 0 Å². The van der Waals surface area contributed by atoms with Crippen LogP contribution in [0.15, 0.2) is 28.8 Å². The van der Waals surface area contributed by atoms with Crippen LogP contribution in [0.5, 0.6) is 0 Å². The number of rotatable bonds is 6. The van der Waals surface area contributed by atoms with E-state index in [0.29, 0.717) is 16.6 Å². The molecule has 136 valence electrons. The van der Waals surface area contributed by atoms with Gasteiger partial charge in [-0.2, -0.15) is 0 Å². The van der Waals surface area contributed by atoms with Crippen LogP contribution >= 0.6 is 27.5 Å². The predicted octanol–water partition coefficient (Wildman–Crippen LogP) is 3.51. The molecule has 0 heterocycles. The number of hydrogen-bond donors (Lipinski definition) is 2. The maximum Gasteiger partial charge on any atom is 0.253 e. The highest BCUT2D eigenvalue weighted by atomic mass is 79.9. The molecule has 0 radical (unpaired) electrons. The van der Waals surface area contributed by atoms with Crippen LogP contribution in [-0.4, -0.2) is 38.5 Å². The maximum absolute atomic E-state index is 12.5. The first kappa shape index (κ1) is 19.8. The van der Waals surface area contributed by atoms with Crippen LogP contribution in [-0.2, 0) is 4.79 Å². The molecule has 1 saturated carbocycles. The van der Waals surface area contributed by atoms with Crippen molar-refractivity contribution in [2.24, 2.45) is 0 Å². The van der Waals surface area contributed by atoms with Gasteiger partial charge in [-0.05, 0) is 25.0 Å². The first-order valence-corrected chi connectivity index (χ1v) is 9.42. The summed E-state index contributed by atoms with van der Waals surface area (Å²) in [5, 5.41) is 5.59. The van der Waals surface area contributed by atoms with Crippen LogP contribution in [0.1, 0.15) is 36.0 Å². The third-order valence-electron chi connectivity index (χ3n) is 4.53. The summed E-state index contributed by atoms with van der Waals surface area (Å²) in [5.74, 6) is -0.639. The minimum atomic E-state index is -0.336. The first-order valence-electron chi connectivity index (χ1n) is 8.25. The second-order valence-electron chi connectivity index (χ2n) is 6.20. The van der Waals surface area contributed by atoms with Gasteiger partial charge in [-0.1, -0.05) is 47.0 Å². The fourth-order valence-electron chi connectivity index (χ4n) is 3.02. The smallest absolute Gasteiger partial charge is 0.253 e. The van der Waals surface area contributed by atoms with Crippen LogP contribution in [0.2, 0.25) is 5.02 Å². The highest BCUT2D eigenvalue weighted by Crippen LogP contribution is 2.36. The van der Waals surface area contributed by atoms with Gasteiger partial charge < -0.3 is 15.5 Å². The Morgan fingerprint density at radius 2 is 2.00 bits per heavy atom. The Morgan fingerprint density at radius 3 is 2.60 bits per heavy atom. The van der Waals surface area contributed by atoms with Gasteiger partial charge in [-0.25, -0.2) is 0 Å². The van der Waals surface area contributed by atoms with E-state index in [1.54, 1.807) is 6.07 Å². The SMILES string of the molecule is C=C(CNC(=O)c1cc(Br)cc(N(C)C2CCCC2)c1Cl)C(=O)NC. The van der Waals surface area contributed by atoms with Crippen LogP contribution in [0.4, 0.5) is 5.69 Å². The number of carbonyl (C=O) groups is 2. The molecule has 0 spiro atoms. The normalized spacial score (nSPS) is 14.2. The Balaban J connectivity index is 2.18. The van der Waals surface area contributed by atoms with Crippen molar-refractivity contribution in [3.05, 3.63) is 39.3 Å². The Bertz CT molecular complexity index is 687. The van der Waals surface area contributed by atoms with Crippen LogP contribution < -0.4 is 15.5 Å². The second-order valence-corrected chi connectivity index (χ2v) is 7.49. The first-order chi connectivity index (χ1) is 11.8. The Kier molecular flexibility index (Phi) is 6.90. The molecule has 2 amide bonds. The summed E-state index contributed by atoms with van der Waals surface area (Å²) in [6, 6.07) is 4.06. The number of likely N-dealkylation sites (N-methyl/N-ethyl adjacent to an activating group) is 1. The van der Waals surface area contributed by atoms with Crippen molar-refractivity contribution >= 4 is 45.0 Å². The average molecular weight is 429 g/mol. The molecule has 0 bridgehead atoms. The van der Waals surface area contributed by atoms with Crippen LogP contribution in [0, 0.1) is 0 Å². The Hall–Kier alpha value is -1.53. The molecule has 1 aromatic rings. The Labute approximate surface area is 161 Å². The van der Waals surface area contributed by atoms with Crippen molar-refractivity contribution in [1.29, 1.82) is 0 Å². The Morgan fingerprint density at radius 1 is 1.36 bits per heavy atom. The fraction of sp³-hybridized carbons (Fsp3) is 0.444. The number of halogens is 2. The number of nitrogens with one attached hydrogen (secondary N) is 2. The zero-order valence-electron chi connectivity index (χ0n) is 14.5. The van der Waals surface area contributed by atoms with Crippen molar-refractivity contribution < 1.29 is 9.59 Å². The number of benzene rings is 1. The topological polar surface area (TPSA) is 61.4 Å². The summed E-state index contributed by atoms with van der Waals surface area (Å²) < 4.78 is 0.784. The number of hydrogen-bond acceptors (Lipinski definition) is 3. The van der Waals surface area contributed by atoms with Gasteiger partial charge in [0, 0.05) is 36.7 Å². The van der Waals surface area contributed by atoms with E-state index in [9.17, 15) is 9.59 Å². The van der Waals surface area contributed by atoms with E-state index in [2.05, 4.69) is 38.0 Å². The summed E-state index contributed by atoms with van der Waals surface area (Å²) in [6.07, 6.45) is 4.70. The van der Waals surface area contributed by atoms with Crippen molar-refractivity contribution in [3.63, 3.8) is 0 Å². The maximum atomic E-state index is 12.5. The van der Waals surface area contributed by atoms with Gasteiger partial charge in [0.15, 0.2) is 0 Å². The minimum Gasteiger partial charge on any atom is -0.370 e. The highest BCUT2D eigenvalue weighted by Gasteiger charge is 2.24. The number of carbonyl (C=O) groups excluding carboxylic acids is 2. The number of nitrogens with zero attached hydrogens (tertiary/aromatic N) is 1. The zero-order chi connectivity index (χ0) is 18.6. The van der Waals surface area contributed by atoms with Crippen molar-refractivity contribution in [3.8, 4) is 0 Å².